The molecule has 5 heteroatoms. The highest BCUT2D eigenvalue weighted by Crippen LogP contribution is 2.00. The summed E-state index contributed by atoms with van der Waals surface area (Å²) < 4.78 is 5.21. The quantitative estimate of drug-likeness (QED) is 0.616. The topological polar surface area (TPSA) is 53.0 Å². The molecular weight excluding hydrogens is 220 g/mol. The minimum absolute atomic E-state index is 0.437. The number of carbonyl (C=O) groups is 1. The van der Waals surface area contributed by atoms with Crippen molar-refractivity contribution < 1.29 is 14.6 Å². The summed E-state index contributed by atoms with van der Waals surface area (Å²) in [5.41, 5.74) is 0. The summed E-state index contributed by atoms with van der Waals surface area (Å²) in [7, 11) is 4.08. The lowest BCUT2D eigenvalue weighted by atomic mass is 10.3. The van der Waals surface area contributed by atoms with E-state index in [2.05, 4.69) is 9.80 Å². The second-order valence-electron chi connectivity index (χ2n) is 4.33. The Balaban J connectivity index is 4.03. The molecule has 0 aromatic heterocycles. The molecule has 1 atom stereocenters. The molecule has 0 bridgehead atoms. The zero-order chi connectivity index (χ0) is 13.3. The largest absolute Gasteiger partial charge is 0.479 e. The molecule has 0 saturated carbocycles. The summed E-state index contributed by atoms with van der Waals surface area (Å²) in [5.74, 6) is -0.877. The average molecular weight is 246 g/mol. The van der Waals surface area contributed by atoms with Gasteiger partial charge in [-0.25, -0.2) is 4.79 Å². The second-order valence-corrected chi connectivity index (χ2v) is 4.33. The van der Waals surface area contributed by atoms with Gasteiger partial charge < -0.3 is 19.6 Å². The normalized spacial score (nSPS) is 13.3. The molecule has 0 aliphatic rings. The Hall–Kier alpha value is -0.650. The lowest BCUT2D eigenvalue weighted by molar-refractivity contribution is -0.151. The summed E-state index contributed by atoms with van der Waals surface area (Å²) in [5, 5.41) is 9.00. The Morgan fingerprint density at radius 3 is 2.35 bits per heavy atom. The van der Waals surface area contributed by atoms with Crippen molar-refractivity contribution in [1.82, 2.24) is 9.80 Å². The number of likely N-dealkylation sites (N-methyl/N-ethyl adjacent to an activating group) is 1. The van der Waals surface area contributed by atoms with Crippen LogP contribution in [0.15, 0.2) is 0 Å². The highest BCUT2D eigenvalue weighted by atomic mass is 16.5. The first-order valence-corrected chi connectivity index (χ1v) is 6.22. The van der Waals surface area contributed by atoms with Crippen LogP contribution in [0, 0.1) is 0 Å². The third kappa shape index (κ3) is 8.12. The van der Waals surface area contributed by atoms with E-state index >= 15 is 0 Å². The number of nitrogens with zero attached hydrogens (tertiary/aromatic N) is 2. The van der Waals surface area contributed by atoms with Gasteiger partial charge in [0.1, 0.15) is 0 Å². The van der Waals surface area contributed by atoms with Gasteiger partial charge in [-0.2, -0.15) is 0 Å². The number of hydrogen-bond acceptors (Lipinski definition) is 4. The molecule has 0 radical (unpaired) electrons. The first-order valence-electron chi connectivity index (χ1n) is 6.22. The third-order valence-electron chi connectivity index (χ3n) is 2.59. The van der Waals surface area contributed by atoms with E-state index in [1.165, 1.54) is 0 Å². The Bertz CT molecular complexity index is 210. The van der Waals surface area contributed by atoms with Crippen molar-refractivity contribution in [2.24, 2.45) is 0 Å². The number of ether oxygens (including phenoxy) is 1. The Labute approximate surface area is 104 Å². The Kier molecular flexibility index (Phi) is 9.03. The van der Waals surface area contributed by atoms with Crippen molar-refractivity contribution in [2.75, 3.05) is 46.9 Å². The van der Waals surface area contributed by atoms with Gasteiger partial charge in [0.05, 0.1) is 0 Å². The van der Waals surface area contributed by atoms with E-state index in [4.69, 9.17) is 9.84 Å². The van der Waals surface area contributed by atoms with Crippen molar-refractivity contribution >= 4 is 5.97 Å². The van der Waals surface area contributed by atoms with Gasteiger partial charge in [-0.15, -0.1) is 0 Å². The van der Waals surface area contributed by atoms with E-state index in [9.17, 15) is 4.79 Å². The van der Waals surface area contributed by atoms with Crippen LogP contribution in [0.2, 0.25) is 0 Å². The Morgan fingerprint density at radius 1 is 1.29 bits per heavy atom. The number of aliphatic carboxylic acids is 1. The van der Waals surface area contributed by atoms with Crippen molar-refractivity contribution in [3.05, 3.63) is 0 Å². The van der Waals surface area contributed by atoms with E-state index in [0.29, 0.717) is 13.2 Å². The highest BCUT2D eigenvalue weighted by Gasteiger charge is 2.20. The molecule has 0 saturated heterocycles. The predicted molar refractivity (Wildman–Crippen MR) is 68.3 cm³/mol. The van der Waals surface area contributed by atoms with Crippen molar-refractivity contribution in [1.29, 1.82) is 0 Å². The highest BCUT2D eigenvalue weighted by molar-refractivity contribution is 5.72. The molecule has 5 nitrogen and oxygen atoms in total. The van der Waals surface area contributed by atoms with E-state index in [0.717, 1.165) is 26.1 Å². The SMILES string of the molecule is CCOC(CN(CC)CCCN(C)C)C(=O)O. The number of carboxylic acid groups (broad SMARTS) is 1. The maximum Gasteiger partial charge on any atom is 0.334 e. The first-order chi connectivity index (χ1) is 8.01. The van der Waals surface area contributed by atoms with Gasteiger partial charge in [0, 0.05) is 13.2 Å². The average Bonchev–Trinajstić information content (AvgIpc) is 2.25. The summed E-state index contributed by atoms with van der Waals surface area (Å²) in [4.78, 5) is 15.2. The summed E-state index contributed by atoms with van der Waals surface area (Å²) in [6.07, 6.45) is 0.332. The molecular formula is C12H26N2O3. The van der Waals surface area contributed by atoms with Crippen LogP contribution >= 0.6 is 0 Å². The zero-order valence-corrected chi connectivity index (χ0v) is 11.5. The molecule has 1 unspecified atom stereocenters. The first kappa shape index (κ1) is 16.4. The van der Waals surface area contributed by atoms with E-state index in [-0.39, 0.29) is 0 Å². The van der Waals surface area contributed by atoms with Crippen molar-refractivity contribution in [2.45, 2.75) is 26.4 Å². The molecule has 0 rings (SSSR count). The van der Waals surface area contributed by atoms with E-state index in [1.807, 2.05) is 27.9 Å². The molecule has 0 aliphatic heterocycles. The lowest BCUT2D eigenvalue weighted by Crippen LogP contribution is -2.39. The third-order valence-corrected chi connectivity index (χ3v) is 2.59. The molecule has 102 valence electrons. The van der Waals surface area contributed by atoms with E-state index < -0.39 is 12.1 Å². The van der Waals surface area contributed by atoms with Crippen LogP contribution < -0.4 is 0 Å². The zero-order valence-electron chi connectivity index (χ0n) is 11.5. The van der Waals surface area contributed by atoms with Gasteiger partial charge in [0.25, 0.3) is 0 Å². The number of hydrogen-bond donors (Lipinski definition) is 1. The van der Waals surface area contributed by atoms with Crippen LogP contribution in [0.5, 0.6) is 0 Å². The molecule has 0 aliphatic carbocycles. The van der Waals surface area contributed by atoms with Crippen molar-refractivity contribution in [3.8, 4) is 0 Å². The Morgan fingerprint density at radius 2 is 1.94 bits per heavy atom. The van der Waals surface area contributed by atoms with Gasteiger partial charge >= 0.3 is 5.97 Å². The molecule has 1 N–H and O–H groups in total. The van der Waals surface area contributed by atoms with Crippen LogP contribution in [-0.2, 0) is 9.53 Å². The molecule has 0 heterocycles. The van der Waals surface area contributed by atoms with Gasteiger partial charge in [0.15, 0.2) is 6.10 Å². The fourth-order valence-corrected chi connectivity index (χ4v) is 1.63. The fourth-order valence-electron chi connectivity index (χ4n) is 1.63. The van der Waals surface area contributed by atoms with Crippen LogP contribution in [0.3, 0.4) is 0 Å². The molecule has 0 amide bonds. The standard InChI is InChI=1S/C12H26N2O3/c1-5-14(9-7-8-13(3)4)10-11(12(15)16)17-6-2/h11H,5-10H2,1-4H3,(H,15,16). The number of rotatable bonds is 10. The lowest BCUT2D eigenvalue weighted by Gasteiger charge is -2.24. The smallest absolute Gasteiger partial charge is 0.334 e. The van der Waals surface area contributed by atoms with Crippen LogP contribution in [0.25, 0.3) is 0 Å². The van der Waals surface area contributed by atoms with Crippen molar-refractivity contribution in [3.63, 3.8) is 0 Å². The van der Waals surface area contributed by atoms with Gasteiger partial charge in [-0.05, 0) is 47.1 Å². The summed E-state index contributed by atoms with van der Waals surface area (Å²) >= 11 is 0. The van der Waals surface area contributed by atoms with Gasteiger partial charge in [0.2, 0.25) is 0 Å². The minimum Gasteiger partial charge on any atom is -0.479 e. The minimum atomic E-state index is -0.877. The number of carboxylic acids is 1. The molecule has 0 spiro atoms. The molecule has 17 heavy (non-hydrogen) atoms. The molecule has 0 aromatic rings. The van der Waals surface area contributed by atoms with Crippen LogP contribution in [0.4, 0.5) is 0 Å². The summed E-state index contributed by atoms with van der Waals surface area (Å²) in [6.45, 7) is 7.54. The predicted octanol–water partition coefficient (Wildman–Crippen LogP) is 0.750. The maximum atomic E-state index is 11.0. The van der Waals surface area contributed by atoms with Crippen LogP contribution in [0.1, 0.15) is 20.3 Å². The molecule has 0 aromatic carbocycles. The molecule has 0 fully saturated rings. The van der Waals surface area contributed by atoms with Crippen LogP contribution in [-0.4, -0.2) is 73.9 Å². The second kappa shape index (κ2) is 9.39. The monoisotopic (exact) mass is 246 g/mol. The maximum absolute atomic E-state index is 11.0. The van der Waals surface area contributed by atoms with E-state index in [1.54, 1.807) is 0 Å². The van der Waals surface area contributed by atoms with Gasteiger partial charge in [-0.3, -0.25) is 0 Å². The summed E-state index contributed by atoms with van der Waals surface area (Å²) in [6, 6.07) is 0. The fraction of sp³-hybridized carbons (Fsp3) is 0.917. The van der Waals surface area contributed by atoms with Gasteiger partial charge in [-0.1, -0.05) is 6.92 Å².